The highest BCUT2D eigenvalue weighted by atomic mass is 16.3. The molecule has 1 fully saturated rings. The summed E-state index contributed by atoms with van der Waals surface area (Å²) in [6.45, 7) is 5.57. The Hall–Kier alpha value is -3.28. The van der Waals surface area contributed by atoms with Crippen molar-refractivity contribution < 1.29 is 14.7 Å². The minimum atomic E-state index is -0.692. The van der Waals surface area contributed by atoms with Crippen molar-refractivity contribution in [2.75, 3.05) is 12.4 Å². The normalized spacial score (nSPS) is 15.1. The molecule has 3 aromatic rings. The SMILES string of the molecule is CNC(=O)C(C)(C)c1cc2cc(NC(=O)C3(c4ccc(C)c(O)c4)CC3)ccc2[nH]1. The zero-order valence-corrected chi connectivity index (χ0v) is 17.7. The van der Waals surface area contributed by atoms with E-state index in [1.807, 2.05) is 57.2 Å². The zero-order chi connectivity index (χ0) is 21.7. The van der Waals surface area contributed by atoms with Gasteiger partial charge in [0.2, 0.25) is 11.8 Å². The number of H-pyrrole nitrogens is 1. The monoisotopic (exact) mass is 405 g/mol. The Morgan fingerprint density at radius 2 is 1.83 bits per heavy atom. The number of hydrogen-bond acceptors (Lipinski definition) is 3. The molecule has 1 saturated carbocycles. The molecule has 6 nitrogen and oxygen atoms in total. The van der Waals surface area contributed by atoms with E-state index in [9.17, 15) is 14.7 Å². The number of anilines is 1. The second kappa shape index (κ2) is 6.90. The van der Waals surface area contributed by atoms with Crippen LogP contribution in [0.1, 0.15) is 43.5 Å². The summed E-state index contributed by atoms with van der Waals surface area (Å²) in [5, 5.41) is 16.7. The summed E-state index contributed by atoms with van der Waals surface area (Å²) in [5.41, 5.74) is 2.80. The molecule has 0 unspecified atom stereocenters. The number of phenols is 1. The van der Waals surface area contributed by atoms with Crippen LogP contribution in [-0.4, -0.2) is 29.0 Å². The maximum Gasteiger partial charge on any atom is 0.235 e. The zero-order valence-electron chi connectivity index (χ0n) is 17.7. The van der Waals surface area contributed by atoms with Gasteiger partial charge in [-0.05, 0) is 75.1 Å². The molecule has 6 heteroatoms. The maximum atomic E-state index is 13.1. The first-order valence-corrected chi connectivity index (χ1v) is 10.1. The lowest BCUT2D eigenvalue weighted by molar-refractivity contribution is -0.125. The van der Waals surface area contributed by atoms with Gasteiger partial charge in [-0.2, -0.15) is 0 Å². The van der Waals surface area contributed by atoms with Gasteiger partial charge in [0.05, 0.1) is 10.8 Å². The molecule has 1 aliphatic rings. The standard InChI is InChI=1S/C24H27N3O3/c1-14-5-6-16(13-19(14)28)24(9-10-24)22(30)26-17-7-8-18-15(11-17)12-20(27-18)23(2,3)21(29)25-4/h5-8,11-13,27-28H,9-10H2,1-4H3,(H,25,29)(H,26,30). The molecule has 0 atom stereocenters. The van der Waals surface area contributed by atoms with Gasteiger partial charge in [0, 0.05) is 29.3 Å². The van der Waals surface area contributed by atoms with Crippen molar-refractivity contribution >= 4 is 28.4 Å². The number of carbonyl (C=O) groups is 2. The molecule has 156 valence electrons. The highest BCUT2D eigenvalue weighted by molar-refractivity contribution is 6.02. The van der Waals surface area contributed by atoms with Crippen molar-refractivity contribution in [1.82, 2.24) is 10.3 Å². The number of carbonyl (C=O) groups excluding carboxylic acids is 2. The topological polar surface area (TPSA) is 94.2 Å². The Kier molecular flexibility index (Phi) is 4.60. The van der Waals surface area contributed by atoms with Crippen molar-refractivity contribution in [3.63, 3.8) is 0 Å². The van der Waals surface area contributed by atoms with Gasteiger partial charge < -0.3 is 20.7 Å². The molecular weight excluding hydrogens is 378 g/mol. The third kappa shape index (κ3) is 3.22. The molecule has 0 spiro atoms. The number of aromatic amines is 1. The number of aryl methyl sites for hydroxylation is 1. The minimum Gasteiger partial charge on any atom is -0.508 e. The van der Waals surface area contributed by atoms with Gasteiger partial charge in [0.1, 0.15) is 5.75 Å². The number of nitrogens with one attached hydrogen (secondary N) is 3. The molecule has 1 aliphatic carbocycles. The summed E-state index contributed by atoms with van der Waals surface area (Å²) < 4.78 is 0. The molecule has 4 N–H and O–H groups in total. The Morgan fingerprint density at radius 1 is 1.10 bits per heavy atom. The molecule has 1 heterocycles. The number of aromatic nitrogens is 1. The number of rotatable bonds is 5. The van der Waals surface area contributed by atoms with E-state index in [2.05, 4.69) is 15.6 Å². The molecule has 0 saturated heterocycles. The van der Waals surface area contributed by atoms with Crippen LogP contribution >= 0.6 is 0 Å². The summed E-state index contributed by atoms with van der Waals surface area (Å²) in [6, 6.07) is 13.1. The van der Waals surface area contributed by atoms with Gasteiger partial charge in [0.25, 0.3) is 0 Å². The summed E-state index contributed by atoms with van der Waals surface area (Å²) in [4.78, 5) is 28.6. The van der Waals surface area contributed by atoms with E-state index < -0.39 is 10.8 Å². The molecule has 30 heavy (non-hydrogen) atoms. The second-order valence-corrected chi connectivity index (χ2v) is 8.73. The van der Waals surface area contributed by atoms with Crippen LogP contribution in [0, 0.1) is 6.92 Å². The van der Waals surface area contributed by atoms with Crippen LogP contribution in [-0.2, 0) is 20.4 Å². The quantitative estimate of drug-likeness (QED) is 0.519. The largest absolute Gasteiger partial charge is 0.508 e. The van der Waals surface area contributed by atoms with Crippen molar-refractivity contribution in [3.05, 3.63) is 59.3 Å². The van der Waals surface area contributed by atoms with Crippen LogP contribution < -0.4 is 10.6 Å². The van der Waals surface area contributed by atoms with Crippen LogP contribution in [0.3, 0.4) is 0 Å². The van der Waals surface area contributed by atoms with E-state index in [4.69, 9.17) is 0 Å². The number of amides is 2. The first-order chi connectivity index (χ1) is 14.2. The number of hydrogen-bond donors (Lipinski definition) is 4. The van der Waals surface area contributed by atoms with Crippen LogP contribution in [0.2, 0.25) is 0 Å². The van der Waals surface area contributed by atoms with Crippen LogP contribution in [0.25, 0.3) is 10.9 Å². The van der Waals surface area contributed by atoms with E-state index in [-0.39, 0.29) is 17.6 Å². The lowest BCUT2D eigenvalue weighted by atomic mass is 9.88. The van der Waals surface area contributed by atoms with Crippen molar-refractivity contribution in [2.24, 2.45) is 0 Å². The van der Waals surface area contributed by atoms with E-state index in [1.165, 1.54) is 0 Å². The lowest BCUT2D eigenvalue weighted by Crippen LogP contribution is -2.38. The maximum absolute atomic E-state index is 13.1. The number of benzene rings is 2. The van der Waals surface area contributed by atoms with Gasteiger partial charge in [-0.25, -0.2) is 0 Å². The van der Waals surface area contributed by atoms with Crippen LogP contribution in [0.4, 0.5) is 5.69 Å². The summed E-state index contributed by atoms with van der Waals surface area (Å²) >= 11 is 0. The molecule has 2 amide bonds. The fourth-order valence-electron chi connectivity index (χ4n) is 3.91. The van der Waals surface area contributed by atoms with Crippen molar-refractivity contribution in [3.8, 4) is 5.75 Å². The Balaban J connectivity index is 1.59. The van der Waals surface area contributed by atoms with Gasteiger partial charge in [-0.3, -0.25) is 9.59 Å². The first-order valence-electron chi connectivity index (χ1n) is 10.1. The van der Waals surface area contributed by atoms with Crippen LogP contribution in [0.15, 0.2) is 42.5 Å². The predicted molar refractivity (Wildman–Crippen MR) is 118 cm³/mol. The molecule has 0 aliphatic heterocycles. The lowest BCUT2D eigenvalue weighted by Gasteiger charge is -2.20. The number of fused-ring (bicyclic) bond motifs is 1. The first kappa shape index (κ1) is 20.0. The van der Waals surface area contributed by atoms with E-state index in [0.717, 1.165) is 40.6 Å². The van der Waals surface area contributed by atoms with Crippen LogP contribution in [0.5, 0.6) is 5.75 Å². The minimum absolute atomic E-state index is 0.0634. The fraction of sp³-hybridized carbons (Fsp3) is 0.333. The van der Waals surface area contributed by atoms with Gasteiger partial charge in [-0.15, -0.1) is 0 Å². The second-order valence-electron chi connectivity index (χ2n) is 8.73. The Labute approximate surface area is 175 Å². The number of aromatic hydroxyl groups is 1. The average Bonchev–Trinajstić information content (AvgIpc) is 3.42. The van der Waals surface area contributed by atoms with Gasteiger partial charge >= 0.3 is 0 Å². The smallest absolute Gasteiger partial charge is 0.235 e. The fourth-order valence-corrected chi connectivity index (χ4v) is 3.91. The highest BCUT2D eigenvalue weighted by Gasteiger charge is 2.51. The molecule has 0 bridgehead atoms. The van der Waals surface area contributed by atoms with E-state index in [1.54, 1.807) is 13.1 Å². The third-order valence-electron chi connectivity index (χ3n) is 6.29. The van der Waals surface area contributed by atoms with Gasteiger partial charge in [0.15, 0.2) is 0 Å². The Morgan fingerprint density at radius 3 is 2.47 bits per heavy atom. The molecule has 0 radical (unpaired) electrons. The van der Waals surface area contributed by atoms with Crippen molar-refractivity contribution in [2.45, 2.75) is 44.4 Å². The van der Waals surface area contributed by atoms with Gasteiger partial charge in [-0.1, -0.05) is 12.1 Å². The van der Waals surface area contributed by atoms with E-state index >= 15 is 0 Å². The molecular formula is C24H27N3O3. The summed E-state index contributed by atoms with van der Waals surface area (Å²) in [5.74, 6) is 0.0812. The number of phenolic OH excluding ortho intramolecular Hbond substituents is 1. The average molecular weight is 405 g/mol. The number of likely N-dealkylation sites (N-methyl/N-ethyl adjacent to an activating group) is 1. The van der Waals surface area contributed by atoms with Crippen molar-refractivity contribution in [1.29, 1.82) is 0 Å². The van der Waals surface area contributed by atoms with E-state index in [0.29, 0.717) is 5.69 Å². The molecule has 4 rings (SSSR count). The summed E-state index contributed by atoms with van der Waals surface area (Å²) in [6.07, 6.45) is 1.52. The molecule has 1 aromatic heterocycles. The Bertz CT molecular complexity index is 1160. The summed E-state index contributed by atoms with van der Waals surface area (Å²) in [7, 11) is 1.63. The molecule has 2 aromatic carbocycles. The third-order valence-corrected chi connectivity index (χ3v) is 6.29. The predicted octanol–water partition coefficient (Wildman–Crippen LogP) is 3.88. The highest BCUT2D eigenvalue weighted by Crippen LogP contribution is 2.50.